The standard InChI is InChI=1S/C10H8Br2N2OS/c1-6-2-3-14(13-6)5-8(15)7-4-9(11)16-10(7)12/h2-4H,5H2,1H3. The molecule has 0 fully saturated rings. The van der Waals surface area contributed by atoms with Crippen LogP contribution in [0, 0.1) is 6.92 Å². The minimum absolute atomic E-state index is 0.0527. The number of hydrogen-bond donors (Lipinski definition) is 0. The third kappa shape index (κ3) is 2.61. The van der Waals surface area contributed by atoms with E-state index < -0.39 is 0 Å². The first-order valence-electron chi connectivity index (χ1n) is 4.54. The molecular formula is C10H8Br2N2OS. The lowest BCUT2D eigenvalue weighted by Crippen LogP contribution is -2.10. The third-order valence-corrected chi connectivity index (χ3v) is 4.38. The maximum absolute atomic E-state index is 12.0. The SMILES string of the molecule is Cc1ccn(CC(=O)c2cc(Br)sc2Br)n1. The Bertz CT molecular complexity index is 533. The highest BCUT2D eigenvalue weighted by Crippen LogP contribution is 2.32. The first-order valence-corrected chi connectivity index (χ1v) is 6.94. The lowest BCUT2D eigenvalue weighted by molar-refractivity contribution is 0.0967. The number of halogens is 2. The van der Waals surface area contributed by atoms with E-state index in [2.05, 4.69) is 37.0 Å². The van der Waals surface area contributed by atoms with Crippen LogP contribution in [0.3, 0.4) is 0 Å². The monoisotopic (exact) mass is 362 g/mol. The fraction of sp³-hybridized carbons (Fsp3) is 0.200. The molecule has 3 nitrogen and oxygen atoms in total. The Morgan fingerprint density at radius 1 is 1.56 bits per heavy atom. The lowest BCUT2D eigenvalue weighted by Gasteiger charge is -1.99. The molecule has 0 spiro atoms. The van der Waals surface area contributed by atoms with E-state index in [1.165, 1.54) is 11.3 Å². The van der Waals surface area contributed by atoms with Crippen LogP contribution in [0.1, 0.15) is 16.1 Å². The Labute approximate surface area is 114 Å². The number of rotatable bonds is 3. The Hall–Kier alpha value is -0.460. The number of Topliss-reactive ketones (excluding diaryl/α,β-unsaturated/α-hetero) is 1. The Morgan fingerprint density at radius 2 is 2.31 bits per heavy atom. The minimum Gasteiger partial charge on any atom is -0.292 e. The van der Waals surface area contributed by atoms with Gasteiger partial charge in [-0.1, -0.05) is 0 Å². The van der Waals surface area contributed by atoms with Crippen LogP contribution in [-0.4, -0.2) is 15.6 Å². The van der Waals surface area contributed by atoms with Crippen LogP contribution in [0.5, 0.6) is 0 Å². The van der Waals surface area contributed by atoms with Gasteiger partial charge in [-0.15, -0.1) is 11.3 Å². The summed E-state index contributed by atoms with van der Waals surface area (Å²) < 4.78 is 3.45. The molecule has 6 heteroatoms. The van der Waals surface area contributed by atoms with Gasteiger partial charge in [0.15, 0.2) is 5.78 Å². The van der Waals surface area contributed by atoms with Gasteiger partial charge in [-0.3, -0.25) is 9.48 Å². The second-order valence-electron chi connectivity index (χ2n) is 3.32. The normalized spacial score (nSPS) is 10.7. The van der Waals surface area contributed by atoms with Gasteiger partial charge in [0.05, 0.1) is 13.3 Å². The summed E-state index contributed by atoms with van der Waals surface area (Å²) in [5.41, 5.74) is 1.61. The van der Waals surface area contributed by atoms with Gasteiger partial charge in [-0.05, 0) is 50.9 Å². The molecule has 16 heavy (non-hydrogen) atoms. The van der Waals surface area contributed by atoms with E-state index in [1.807, 2.05) is 25.3 Å². The number of nitrogens with zero attached hydrogens (tertiary/aromatic N) is 2. The molecule has 0 aliphatic carbocycles. The maximum atomic E-state index is 12.0. The molecule has 0 unspecified atom stereocenters. The first-order chi connectivity index (χ1) is 7.56. The lowest BCUT2D eigenvalue weighted by atomic mass is 10.2. The number of ketones is 1. The summed E-state index contributed by atoms with van der Waals surface area (Å²) in [6.07, 6.45) is 1.81. The van der Waals surface area contributed by atoms with E-state index in [9.17, 15) is 4.79 Å². The van der Waals surface area contributed by atoms with Gasteiger partial charge in [0, 0.05) is 11.8 Å². The fourth-order valence-electron chi connectivity index (χ4n) is 1.31. The van der Waals surface area contributed by atoms with Crippen molar-refractivity contribution in [2.45, 2.75) is 13.5 Å². The average Bonchev–Trinajstić information content (AvgIpc) is 2.73. The number of thiophene rings is 1. The molecule has 0 saturated carbocycles. The molecule has 2 aromatic heterocycles. The highest BCUT2D eigenvalue weighted by molar-refractivity contribution is 9.12. The molecule has 0 aliphatic heterocycles. The number of carbonyl (C=O) groups is 1. The van der Waals surface area contributed by atoms with Crippen LogP contribution < -0.4 is 0 Å². The molecule has 2 aromatic rings. The van der Waals surface area contributed by atoms with Gasteiger partial charge < -0.3 is 0 Å². The van der Waals surface area contributed by atoms with Crippen LogP contribution in [0.4, 0.5) is 0 Å². The largest absolute Gasteiger partial charge is 0.292 e. The molecule has 0 amide bonds. The Kier molecular flexibility index (Phi) is 3.61. The molecule has 0 aliphatic rings. The molecular weight excluding hydrogens is 356 g/mol. The van der Waals surface area contributed by atoms with Crippen molar-refractivity contribution in [3.63, 3.8) is 0 Å². The van der Waals surface area contributed by atoms with Gasteiger partial charge in [-0.2, -0.15) is 5.10 Å². The zero-order valence-corrected chi connectivity index (χ0v) is 12.4. The van der Waals surface area contributed by atoms with Crippen LogP contribution in [0.25, 0.3) is 0 Å². The van der Waals surface area contributed by atoms with E-state index in [-0.39, 0.29) is 12.3 Å². The van der Waals surface area contributed by atoms with Crippen molar-refractivity contribution in [2.24, 2.45) is 0 Å². The minimum atomic E-state index is 0.0527. The molecule has 2 rings (SSSR count). The van der Waals surface area contributed by atoms with Gasteiger partial charge in [-0.25, -0.2) is 0 Å². The van der Waals surface area contributed by atoms with Gasteiger partial charge in [0.2, 0.25) is 0 Å². The summed E-state index contributed by atoms with van der Waals surface area (Å²) >= 11 is 8.23. The number of aromatic nitrogens is 2. The molecule has 0 bridgehead atoms. The van der Waals surface area contributed by atoms with E-state index in [0.29, 0.717) is 5.56 Å². The van der Waals surface area contributed by atoms with Crippen molar-refractivity contribution in [2.75, 3.05) is 0 Å². The second-order valence-corrected chi connectivity index (χ2v) is 7.07. The molecule has 0 saturated heterocycles. The predicted octanol–water partition coefficient (Wildman–Crippen LogP) is 3.66. The molecule has 0 atom stereocenters. The van der Waals surface area contributed by atoms with Crippen LogP contribution in [0.2, 0.25) is 0 Å². The first kappa shape index (κ1) is 12.0. The second kappa shape index (κ2) is 4.81. The van der Waals surface area contributed by atoms with Crippen molar-refractivity contribution < 1.29 is 4.79 Å². The van der Waals surface area contributed by atoms with E-state index >= 15 is 0 Å². The fourth-order valence-corrected chi connectivity index (χ4v) is 4.17. The molecule has 0 aromatic carbocycles. The zero-order valence-electron chi connectivity index (χ0n) is 8.41. The quantitative estimate of drug-likeness (QED) is 0.780. The van der Waals surface area contributed by atoms with Gasteiger partial charge >= 0.3 is 0 Å². The average molecular weight is 364 g/mol. The Balaban J connectivity index is 2.17. The number of aryl methyl sites for hydroxylation is 1. The van der Waals surface area contributed by atoms with Crippen molar-refractivity contribution >= 4 is 49.0 Å². The predicted molar refractivity (Wildman–Crippen MR) is 71.0 cm³/mol. The highest BCUT2D eigenvalue weighted by atomic mass is 79.9. The summed E-state index contributed by atoms with van der Waals surface area (Å²) in [4.78, 5) is 12.0. The molecule has 0 radical (unpaired) electrons. The number of carbonyl (C=O) groups excluding carboxylic acids is 1. The van der Waals surface area contributed by atoms with Crippen LogP contribution in [-0.2, 0) is 6.54 Å². The molecule has 84 valence electrons. The zero-order chi connectivity index (χ0) is 11.7. The van der Waals surface area contributed by atoms with Crippen molar-refractivity contribution in [3.05, 3.63) is 37.2 Å². The van der Waals surface area contributed by atoms with Crippen molar-refractivity contribution in [1.82, 2.24) is 9.78 Å². The Morgan fingerprint density at radius 3 is 2.81 bits per heavy atom. The molecule has 2 heterocycles. The summed E-state index contributed by atoms with van der Waals surface area (Å²) in [6.45, 7) is 2.17. The topological polar surface area (TPSA) is 34.9 Å². The van der Waals surface area contributed by atoms with Gasteiger partial charge in [0.1, 0.15) is 6.54 Å². The van der Waals surface area contributed by atoms with E-state index in [4.69, 9.17) is 0 Å². The van der Waals surface area contributed by atoms with Crippen molar-refractivity contribution in [1.29, 1.82) is 0 Å². The smallest absolute Gasteiger partial charge is 0.186 e. The van der Waals surface area contributed by atoms with Crippen LogP contribution >= 0.6 is 43.2 Å². The van der Waals surface area contributed by atoms with Gasteiger partial charge in [0.25, 0.3) is 0 Å². The maximum Gasteiger partial charge on any atom is 0.186 e. The summed E-state index contributed by atoms with van der Waals surface area (Å²) in [7, 11) is 0. The highest BCUT2D eigenvalue weighted by Gasteiger charge is 2.14. The van der Waals surface area contributed by atoms with E-state index in [0.717, 1.165) is 13.3 Å². The summed E-state index contributed by atoms with van der Waals surface area (Å²) in [5, 5.41) is 4.18. The number of hydrogen-bond acceptors (Lipinski definition) is 3. The van der Waals surface area contributed by atoms with Crippen LogP contribution in [0.15, 0.2) is 25.9 Å². The van der Waals surface area contributed by atoms with Crippen molar-refractivity contribution in [3.8, 4) is 0 Å². The summed E-state index contributed by atoms with van der Waals surface area (Å²) in [6, 6.07) is 3.71. The molecule has 0 N–H and O–H groups in total. The third-order valence-electron chi connectivity index (χ3n) is 2.04. The summed E-state index contributed by atoms with van der Waals surface area (Å²) in [5.74, 6) is 0.0527. The van der Waals surface area contributed by atoms with E-state index in [1.54, 1.807) is 4.68 Å².